The number of carbonyl (C=O) groups is 4. The molecule has 0 aliphatic rings. The number of aromatic nitrogens is 8. The fourth-order valence-corrected chi connectivity index (χ4v) is 8.62. The third-order valence-electron chi connectivity index (χ3n) is 11.3. The third kappa shape index (κ3) is 18.0. The number of nitrogens with zero attached hydrogens (tertiary/aromatic N) is 7. The number of carboxylic acids is 1. The van der Waals surface area contributed by atoms with Gasteiger partial charge in [-0.15, -0.1) is 0 Å². The number of H-pyrrole nitrogens is 4. The van der Waals surface area contributed by atoms with Gasteiger partial charge in [0.1, 0.15) is 22.6 Å². The van der Waals surface area contributed by atoms with Crippen LogP contribution in [0, 0.1) is 0 Å². The van der Waals surface area contributed by atoms with Crippen molar-refractivity contribution in [2.75, 3.05) is 27.0 Å². The molecule has 0 bridgehead atoms. The van der Waals surface area contributed by atoms with E-state index in [1.54, 1.807) is 61.4 Å². The molecular weight excluding hydrogens is 1430 g/mol. The Morgan fingerprint density at radius 3 is 1.14 bits per heavy atom. The Morgan fingerprint density at radius 2 is 0.793 bits per heavy atom. The molecule has 0 fully saturated rings. The number of nitrogens with one attached hydrogen (secondary N) is 8. The highest BCUT2D eigenvalue weighted by atomic mass is 79.9. The Hall–Kier alpha value is -9.50. The molecule has 8 heterocycles. The smallest absolute Gasteiger partial charge is 0.416 e. The molecule has 0 radical (unpaired) electrons. The Balaban J connectivity index is 0.000000161. The van der Waals surface area contributed by atoms with Crippen LogP contribution in [0.15, 0.2) is 170 Å². The third-order valence-corrected chi connectivity index (χ3v) is 13.0. The molecule has 0 saturated carbocycles. The van der Waals surface area contributed by atoms with Gasteiger partial charge in [-0.05, 0) is 171 Å². The van der Waals surface area contributed by atoms with Crippen LogP contribution in [-0.4, -0.2) is 68.9 Å². The van der Waals surface area contributed by atoms with Gasteiger partial charge in [0, 0.05) is 111 Å². The summed E-state index contributed by atoms with van der Waals surface area (Å²) in [5, 5.41) is 24.7. The van der Waals surface area contributed by atoms with E-state index in [1.807, 2.05) is 0 Å². The maximum atomic E-state index is 12.5. The minimum absolute atomic E-state index is 0.240. The quantitative estimate of drug-likeness (QED) is 0.0247. The number of urea groups is 2. The normalized spacial score (nSPS) is 11.1. The van der Waals surface area contributed by atoms with Crippen LogP contribution in [0.2, 0.25) is 0 Å². The van der Waals surface area contributed by atoms with E-state index >= 15 is 0 Å². The molecule has 0 unspecified atom stereocenters. The van der Waals surface area contributed by atoms with E-state index in [-0.39, 0.29) is 16.9 Å². The number of benzene rings is 3. The minimum atomic E-state index is -4.41. The van der Waals surface area contributed by atoms with E-state index in [0.717, 1.165) is 54.3 Å². The van der Waals surface area contributed by atoms with Crippen LogP contribution < -0.4 is 27.0 Å². The van der Waals surface area contributed by atoms with E-state index in [9.17, 15) is 58.7 Å². The second-order valence-corrected chi connectivity index (χ2v) is 20.9. The number of azide groups is 1. The first-order valence-electron chi connectivity index (χ1n) is 23.8. The highest BCUT2D eigenvalue weighted by Crippen LogP contribution is 2.33. The van der Waals surface area contributed by atoms with E-state index in [2.05, 4.69) is 135 Å². The number of aromatic carboxylic acids is 1. The Bertz CT molecular complexity index is 4170. The summed E-state index contributed by atoms with van der Waals surface area (Å²) >= 11 is 13.1. The molecule has 3 aromatic carbocycles. The number of carbonyl (C=O) groups excluding carboxylic acids is 3. The number of halogens is 13. The Morgan fingerprint density at radius 1 is 0.483 bits per heavy atom. The molecule has 11 rings (SSSR count). The van der Waals surface area contributed by atoms with Gasteiger partial charge in [0.2, 0.25) is 0 Å². The maximum absolute atomic E-state index is 12.5. The zero-order valence-electron chi connectivity index (χ0n) is 43.1. The van der Waals surface area contributed by atoms with E-state index in [4.69, 9.17) is 16.4 Å². The fraction of sp³-hybridized carbons (Fsp3) is 0.0566. The average Bonchev–Trinajstić information content (AvgIpc) is 2.47. The van der Waals surface area contributed by atoms with Gasteiger partial charge in [0.25, 0.3) is 5.91 Å². The highest BCUT2D eigenvalue weighted by molar-refractivity contribution is 9.11. The predicted octanol–water partition coefficient (Wildman–Crippen LogP) is 17.1. The number of fused-ring (bicyclic) bond motifs is 4. The first kappa shape index (κ1) is 65.1. The number of aromatic amines is 4. The van der Waals surface area contributed by atoms with Gasteiger partial charge >= 0.3 is 36.6 Å². The molecule has 0 aliphatic carbocycles. The summed E-state index contributed by atoms with van der Waals surface area (Å²) in [7, 11) is 0. The van der Waals surface area contributed by atoms with E-state index < -0.39 is 59.2 Å². The number of rotatable bonds is 6. The van der Waals surface area contributed by atoms with Crippen LogP contribution >= 0.6 is 63.7 Å². The van der Waals surface area contributed by atoms with Gasteiger partial charge in [0.05, 0.1) is 39.2 Å². The molecule has 448 valence electrons. The fourth-order valence-electron chi connectivity index (χ4n) is 7.29. The van der Waals surface area contributed by atoms with Crippen molar-refractivity contribution in [3.8, 4) is 0 Å². The van der Waals surface area contributed by atoms with Gasteiger partial charge in [-0.2, -0.15) is 39.5 Å². The largest absolute Gasteiger partial charge is 0.478 e. The van der Waals surface area contributed by atoms with Crippen molar-refractivity contribution in [3.05, 3.63) is 203 Å². The summed E-state index contributed by atoms with van der Waals surface area (Å²) < 4.78 is 114. The van der Waals surface area contributed by atoms with Gasteiger partial charge in [-0.25, -0.2) is 34.3 Å². The number of pyridine rings is 4. The van der Waals surface area contributed by atoms with Crippen molar-refractivity contribution in [3.63, 3.8) is 0 Å². The molecule has 5 amide bonds. The Labute approximate surface area is 514 Å². The molecule has 11 N–H and O–H groups in total. The Kier molecular flexibility index (Phi) is 21.0. The molecule has 87 heavy (non-hydrogen) atoms. The standard InChI is InChI=1S/2C15H10BrF3N4O.C8H4BrN5O.C8H5BrN2O2.C7H6F3N/c2*16-9-5-11-12(7-21-13(11)20-6-9)23-14(24)22-10-3-1-8(2-4-10)15(17,18)19;9-4-1-5-6(8(15)13-14-10)3-12-7(5)11-2-4;9-4-1-5-6(8(12)13)3-11-7(5)10-2-4;8-7(9,10)5-1-3-6(11)4-2-5/h2*1-7H,(H,20,21)(H2,22,23,24);1-3H,(H,11,12);1-3H,(H,10,11)(H,12,13);1-4H,11H2. The van der Waals surface area contributed by atoms with Gasteiger partial charge in [-0.1, -0.05) is 0 Å². The van der Waals surface area contributed by atoms with Crippen molar-refractivity contribution >= 4 is 160 Å². The SMILES string of the molecule is Nc1ccc(C(F)(F)F)cc1.O=C(Nc1ccc(C(F)(F)F)cc1)Nc1c[nH]c2ncc(Br)cc12.O=C(Nc1ccc(C(F)(F)F)cc1)Nc1c[nH]c2ncc(Br)cc12.O=C(O)c1c[nH]c2ncc(Br)cc12.[N-]=[N+]=NC(=O)c1c[nH]c2ncc(Br)cc12. The number of hydrogen-bond donors (Lipinski definition) is 10. The first-order chi connectivity index (χ1) is 41.1. The predicted molar refractivity (Wildman–Crippen MR) is 320 cm³/mol. The number of amides is 5. The molecule has 34 heteroatoms. The summed E-state index contributed by atoms with van der Waals surface area (Å²) in [6.45, 7) is 0. The second-order valence-electron chi connectivity index (χ2n) is 17.2. The molecule has 0 spiro atoms. The first-order valence-corrected chi connectivity index (χ1v) is 27.0. The average molecular weight is 1470 g/mol. The molecule has 21 nitrogen and oxygen atoms in total. The second kappa shape index (κ2) is 28.1. The lowest BCUT2D eigenvalue weighted by Gasteiger charge is -2.09. The molecule has 0 atom stereocenters. The zero-order chi connectivity index (χ0) is 63.4. The number of nitrogen functional groups attached to an aromatic ring is 1. The lowest BCUT2D eigenvalue weighted by molar-refractivity contribution is -0.138. The topological polar surface area (TPSA) is 326 Å². The summed E-state index contributed by atoms with van der Waals surface area (Å²) in [6, 6.07) is 18.6. The van der Waals surface area contributed by atoms with Crippen LogP contribution in [0.5, 0.6) is 0 Å². The molecule has 0 saturated heterocycles. The van der Waals surface area contributed by atoms with Gasteiger partial charge in [0.15, 0.2) is 0 Å². The van der Waals surface area contributed by atoms with Crippen LogP contribution in [0.3, 0.4) is 0 Å². The number of alkyl halides is 9. The monoisotopic (exact) mass is 1460 g/mol. The van der Waals surface area contributed by atoms with Crippen molar-refractivity contribution in [1.29, 1.82) is 0 Å². The maximum Gasteiger partial charge on any atom is 0.416 e. The number of carboxylic acid groups (broad SMARTS) is 1. The summed E-state index contributed by atoms with van der Waals surface area (Å²) in [6.07, 6.45) is -0.564. The van der Waals surface area contributed by atoms with Crippen LogP contribution in [0.4, 0.5) is 77.5 Å². The number of nitrogens with two attached hydrogens (primary N) is 1. The number of anilines is 5. The lowest BCUT2D eigenvalue weighted by atomic mass is 10.2. The van der Waals surface area contributed by atoms with Crippen LogP contribution in [0.1, 0.15) is 37.4 Å². The lowest BCUT2D eigenvalue weighted by Crippen LogP contribution is -2.19. The highest BCUT2D eigenvalue weighted by Gasteiger charge is 2.32. The van der Waals surface area contributed by atoms with Crippen LogP contribution in [-0.2, 0) is 18.5 Å². The van der Waals surface area contributed by atoms with E-state index in [1.165, 1.54) is 48.8 Å². The van der Waals surface area contributed by atoms with Crippen molar-refractivity contribution in [2.24, 2.45) is 5.11 Å². The minimum Gasteiger partial charge on any atom is -0.478 e. The number of hydrogen-bond acceptors (Lipinski definition) is 9. The van der Waals surface area contributed by atoms with Crippen molar-refractivity contribution in [2.45, 2.75) is 18.5 Å². The summed E-state index contributed by atoms with van der Waals surface area (Å²) in [5.41, 5.74) is 15.9. The van der Waals surface area contributed by atoms with Gasteiger partial charge < -0.3 is 52.0 Å². The van der Waals surface area contributed by atoms with Crippen molar-refractivity contribution in [1.82, 2.24) is 39.9 Å². The summed E-state index contributed by atoms with van der Waals surface area (Å²) in [5.74, 6) is -1.57. The van der Waals surface area contributed by atoms with E-state index in [0.29, 0.717) is 66.8 Å². The van der Waals surface area contributed by atoms with Crippen molar-refractivity contribution < 1.29 is 63.8 Å². The zero-order valence-corrected chi connectivity index (χ0v) is 49.4. The summed E-state index contributed by atoms with van der Waals surface area (Å²) in [4.78, 5) is 76.3. The molecule has 0 aliphatic heterocycles. The molecule has 11 aromatic rings. The van der Waals surface area contributed by atoms with Crippen LogP contribution in [0.25, 0.3) is 54.6 Å². The van der Waals surface area contributed by atoms with Gasteiger partial charge in [-0.3, -0.25) is 4.79 Å². The molecule has 8 aromatic heterocycles. The molecular formula is C53H35Br4F9N16O5.